The molecule has 0 aromatic heterocycles. The van der Waals surface area contributed by atoms with Crippen LogP contribution in [0.1, 0.15) is 28.8 Å². The van der Waals surface area contributed by atoms with Crippen molar-refractivity contribution in [2.75, 3.05) is 0 Å². The number of hydrogen-bond acceptors (Lipinski definition) is 8. The van der Waals surface area contributed by atoms with Crippen LogP contribution in [0.5, 0.6) is 0 Å². The second kappa shape index (κ2) is 8.04. The van der Waals surface area contributed by atoms with Gasteiger partial charge in [-0.2, -0.15) is 0 Å². The number of carbonyl (C=O) groups is 4. The SMILES string of the molecule is O=Cc1ccc(/C=C2\SC(=S)N([C@@H](CCC(=O)[O-])C(=O)[O-])C2=O)cc1. The minimum atomic E-state index is -1.59. The molecule has 1 atom stereocenters. The number of benzene rings is 1. The Bertz CT molecular complexity index is 771. The lowest BCUT2D eigenvalue weighted by Gasteiger charge is -2.27. The summed E-state index contributed by atoms with van der Waals surface area (Å²) in [7, 11) is 0. The standard InChI is InChI=1S/C16H13NO6S2/c18-8-10-3-1-9(2-4-10)7-12-14(21)17(16(24)25-12)11(15(22)23)5-6-13(19)20/h1-4,7-8,11H,5-6H2,(H,19,20)(H,22,23)/p-2/b12-7-/t11-/m0/s1. The van der Waals surface area contributed by atoms with Gasteiger partial charge < -0.3 is 19.8 Å². The number of carboxylic acid groups (broad SMARTS) is 2. The van der Waals surface area contributed by atoms with Crippen LogP contribution in [-0.4, -0.2) is 39.4 Å². The molecule has 2 rings (SSSR count). The van der Waals surface area contributed by atoms with Crippen molar-refractivity contribution in [2.45, 2.75) is 18.9 Å². The zero-order chi connectivity index (χ0) is 18.6. The summed E-state index contributed by atoms with van der Waals surface area (Å²) in [5.41, 5.74) is 1.11. The van der Waals surface area contributed by atoms with Gasteiger partial charge in [-0.05, 0) is 24.5 Å². The minimum absolute atomic E-state index is 0.00769. The molecule has 1 amide bonds. The number of hydrogen-bond donors (Lipinski definition) is 0. The van der Waals surface area contributed by atoms with Crippen molar-refractivity contribution in [2.24, 2.45) is 0 Å². The highest BCUT2D eigenvalue weighted by Crippen LogP contribution is 2.34. The van der Waals surface area contributed by atoms with E-state index in [-0.39, 0.29) is 15.6 Å². The Labute approximate surface area is 152 Å². The first-order valence-electron chi connectivity index (χ1n) is 7.06. The first-order valence-corrected chi connectivity index (χ1v) is 8.29. The van der Waals surface area contributed by atoms with Crippen molar-refractivity contribution in [1.82, 2.24) is 4.90 Å². The molecule has 1 aliphatic heterocycles. The summed E-state index contributed by atoms with van der Waals surface area (Å²) in [6.45, 7) is 0. The zero-order valence-corrected chi connectivity index (χ0v) is 14.3. The van der Waals surface area contributed by atoms with Crippen LogP contribution in [0.25, 0.3) is 6.08 Å². The maximum Gasteiger partial charge on any atom is 0.266 e. The van der Waals surface area contributed by atoms with E-state index in [0.29, 0.717) is 17.4 Å². The molecule has 1 saturated heterocycles. The van der Waals surface area contributed by atoms with Crippen molar-refractivity contribution in [3.8, 4) is 0 Å². The summed E-state index contributed by atoms with van der Waals surface area (Å²) in [6, 6.07) is 4.92. The number of thiocarbonyl (C=S) groups is 1. The highest BCUT2D eigenvalue weighted by molar-refractivity contribution is 8.26. The topological polar surface area (TPSA) is 118 Å². The van der Waals surface area contributed by atoms with Crippen LogP contribution >= 0.6 is 24.0 Å². The van der Waals surface area contributed by atoms with E-state index in [9.17, 15) is 29.4 Å². The Morgan fingerprint density at radius 1 is 1.20 bits per heavy atom. The van der Waals surface area contributed by atoms with Gasteiger partial charge in [-0.3, -0.25) is 14.5 Å². The van der Waals surface area contributed by atoms with Crippen LogP contribution in [-0.2, 0) is 14.4 Å². The summed E-state index contributed by atoms with van der Waals surface area (Å²) >= 11 is 5.96. The molecule has 1 aromatic rings. The summed E-state index contributed by atoms with van der Waals surface area (Å²) < 4.78 is 0.00769. The van der Waals surface area contributed by atoms with Crippen LogP contribution in [0, 0.1) is 0 Å². The van der Waals surface area contributed by atoms with Crippen LogP contribution in [0.4, 0.5) is 0 Å². The quantitative estimate of drug-likeness (QED) is 0.349. The highest BCUT2D eigenvalue weighted by atomic mass is 32.2. The lowest BCUT2D eigenvalue weighted by atomic mass is 10.1. The molecule has 130 valence electrons. The molecular weight excluding hydrogens is 366 g/mol. The van der Waals surface area contributed by atoms with E-state index in [2.05, 4.69) is 0 Å². The van der Waals surface area contributed by atoms with Gasteiger partial charge in [0.2, 0.25) is 0 Å². The average Bonchev–Trinajstić information content (AvgIpc) is 2.83. The molecule has 0 aliphatic carbocycles. The molecule has 1 aliphatic rings. The molecule has 0 unspecified atom stereocenters. The van der Waals surface area contributed by atoms with E-state index in [1.165, 1.54) is 6.08 Å². The molecule has 25 heavy (non-hydrogen) atoms. The van der Waals surface area contributed by atoms with Gasteiger partial charge in [0.25, 0.3) is 5.91 Å². The van der Waals surface area contributed by atoms with E-state index in [1.54, 1.807) is 24.3 Å². The first-order chi connectivity index (χ1) is 11.8. The van der Waals surface area contributed by atoms with E-state index in [0.717, 1.165) is 16.7 Å². The van der Waals surface area contributed by atoms with Crippen molar-refractivity contribution >= 4 is 58.5 Å². The lowest BCUT2D eigenvalue weighted by molar-refractivity contribution is -0.311. The highest BCUT2D eigenvalue weighted by Gasteiger charge is 2.37. The first kappa shape index (κ1) is 18.8. The molecule has 0 bridgehead atoms. The molecule has 1 heterocycles. The van der Waals surface area contributed by atoms with Gasteiger partial charge in [0.15, 0.2) is 0 Å². The van der Waals surface area contributed by atoms with Gasteiger partial charge in [0, 0.05) is 11.5 Å². The number of aliphatic carboxylic acids is 2. The molecule has 0 N–H and O–H groups in total. The molecule has 1 fully saturated rings. The molecule has 0 radical (unpaired) electrons. The summed E-state index contributed by atoms with van der Waals surface area (Å²) in [5.74, 6) is -3.65. The van der Waals surface area contributed by atoms with Crippen molar-refractivity contribution < 1.29 is 29.4 Å². The Morgan fingerprint density at radius 2 is 1.80 bits per heavy atom. The predicted molar refractivity (Wildman–Crippen MR) is 89.9 cm³/mol. The van der Waals surface area contributed by atoms with E-state index in [4.69, 9.17) is 12.2 Å². The number of thioether (sulfide) groups is 1. The predicted octanol–water partition coefficient (Wildman–Crippen LogP) is -0.651. The summed E-state index contributed by atoms with van der Waals surface area (Å²) in [4.78, 5) is 46.0. The third kappa shape index (κ3) is 4.52. The molecule has 7 nitrogen and oxygen atoms in total. The number of nitrogens with zero attached hydrogens (tertiary/aromatic N) is 1. The maximum atomic E-state index is 12.5. The smallest absolute Gasteiger partial charge is 0.266 e. The van der Waals surface area contributed by atoms with Crippen molar-refractivity contribution in [3.05, 3.63) is 40.3 Å². The van der Waals surface area contributed by atoms with Crippen LogP contribution in [0.15, 0.2) is 29.2 Å². The fourth-order valence-electron chi connectivity index (χ4n) is 2.18. The number of rotatable bonds is 7. The van der Waals surface area contributed by atoms with Gasteiger partial charge in [-0.15, -0.1) is 0 Å². The van der Waals surface area contributed by atoms with E-state index in [1.807, 2.05) is 0 Å². The summed E-state index contributed by atoms with van der Waals surface area (Å²) in [6.07, 6.45) is 1.30. The Balaban J connectivity index is 2.24. The van der Waals surface area contributed by atoms with Gasteiger partial charge in [-0.1, -0.05) is 48.2 Å². The summed E-state index contributed by atoms with van der Waals surface area (Å²) in [5, 5.41) is 21.8. The Hall–Kier alpha value is -2.52. The Kier molecular flexibility index (Phi) is 6.05. The number of aldehydes is 1. The van der Waals surface area contributed by atoms with Gasteiger partial charge in [0.05, 0.1) is 16.9 Å². The fourth-order valence-corrected chi connectivity index (χ4v) is 3.53. The number of carbonyl (C=O) groups excluding carboxylic acids is 4. The minimum Gasteiger partial charge on any atom is -0.550 e. The van der Waals surface area contributed by atoms with Crippen molar-refractivity contribution in [3.63, 3.8) is 0 Å². The third-order valence-electron chi connectivity index (χ3n) is 3.40. The number of amides is 1. The largest absolute Gasteiger partial charge is 0.550 e. The van der Waals surface area contributed by atoms with Crippen LogP contribution in [0.3, 0.4) is 0 Å². The molecular formula is C16H11NO6S2-2. The second-order valence-electron chi connectivity index (χ2n) is 5.08. The van der Waals surface area contributed by atoms with Gasteiger partial charge in [0.1, 0.15) is 10.6 Å². The van der Waals surface area contributed by atoms with Gasteiger partial charge >= 0.3 is 0 Å². The van der Waals surface area contributed by atoms with Gasteiger partial charge in [-0.25, -0.2) is 0 Å². The molecule has 9 heteroatoms. The van der Waals surface area contributed by atoms with E-state index >= 15 is 0 Å². The second-order valence-corrected chi connectivity index (χ2v) is 6.76. The average molecular weight is 377 g/mol. The van der Waals surface area contributed by atoms with Crippen LogP contribution < -0.4 is 10.2 Å². The monoisotopic (exact) mass is 377 g/mol. The normalized spacial score (nSPS) is 17.0. The maximum absolute atomic E-state index is 12.5. The lowest BCUT2D eigenvalue weighted by Crippen LogP contribution is -2.50. The zero-order valence-electron chi connectivity index (χ0n) is 12.7. The van der Waals surface area contributed by atoms with Crippen molar-refractivity contribution in [1.29, 1.82) is 0 Å². The molecule has 1 aromatic carbocycles. The third-order valence-corrected chi connectivity index (χ3v) is 4.73. The molecule has 0 saturated carbocycles. The Morgan fingerprint density at radius 3 is 2.32 bits per heavy atom. The van der Waals surface area contributed by atoms with E-state index < -0.39 is 30.3 Å². The number of carboxylic acids is 2. The molecule has 0 spiro atoms. The fraction of sp³-hybridized carbons (Fsp3) is 0.188. The van der Waals surface area contributed by atoms with Crippen LogP contribution in [0.2, 0.25) is 0 Å².